The predicted octanol–water partition coefficient (Wildman–Crippen LogP) is 4.50. The van der Waals surface area contributed by atoms with Gasteiger partial charge in [-0.1, -0.05) is 41.1 Å². The molecule has 0 radical (unpaired) electrons. The summed E-state index contributed by atoms with van der Waals surface area (Å²) in [5.74, 6) is 0. The van der Waals surface area contributed by atoms with E-state index in [1.54, 1.807) is 0 Å². The van der Waals surface area contributed by atoms with Crippen molar-refractivity contribution >= 4 is 27.3 Å². The van der Waals surface area contributed by atoms with E-state index in [4.69, 9.17) is 0 Å². The maximum absolute atomic E-state index is 3.65. The molecule has 0 saturated heterocycles. The normalized spacial score (nSPS) is 10.6. The Morgan fingerprint density at radius 3 is 2.25 bits per heavy atom. The Balaban J connectivity index is 2.23. The molecule has 3 heteroatoms. The molecule has 0 atom stereocenters. The summed E-state index contributed by atoms with van der Waals surface area (Å²) in [6, 6.07) is 15.2. The van der Waals surface area contributed by atoms with Gasteiger partial charge in [-0.3, -0.25) is 0 Å². The second kappa shape index (κ2) is 6.91. The molecule has 0 saturated carbocycles. The van der Waals surface area contributed by atoms with Crippen molar-refractivity contribution in [2.45, 2.75) is 19.9 Å². The highest BCUT2D eigenvalue weighted by Gasteiger charge is 2.06. The summed E-state index contributed by atoms with van der Waals surface area (Å²) in [4.78, 5) is 2.20. The lowest BCUT2D eigenvalue weighted by Crippen LogP contribution is -2.10. The molecule has 0 aliphatic rings. The first-order chi connectivity index (χ1) is 9.65. The van der Waals surface area contributed by atoms with Crippen LogP contribution in [0.15, 0.2) is 46.9 Å². The first-order valence-corrected chi connectivity index (χ1v) is 7.70. The van der Waals surface area contributed by atoms with Gasteiger partial charge in [0.15, 0.2) is 0 Å². The Morgan fingerprint density at radius 1 is 1.05 bits per heavy atom. The van der Waals surface area contributed by atoms with E-state index in [1.165, 1.54) is 22.5 Å². The van der Waals surface area contributed by atoms with E-state index in [-0.39, 0.29) is 0 Å². The van der Waals surface area contributed by atoms with E-state index in [1.807, 2.05) is 7.05 Å². The van der Waals surface area contributed by atoms with Crippen molar-refractivity contribution in [2.24, 2.45) is 0 Å². The van der Waals surface area contributed by atoms with Crippen LogP contribution in [-0.2, 0) is 13.0 Å². The fourth-order valence-corrected chi connectivity index (χ4v) is 2.69. The summed E-state index contributed by atoms with van der Waals surface area (Å²) in [7, 11) is 4.06. The zero-order chi connectivity index (χ0) is 14.5. The molecule has 2 aromatic carbocycles. The molecule has 106 valence electrons. The van der Waals surface area contributed by atoms with Gasteiger partial charge in [-0.2, -0.15) is 0 Å². The summed E-state index contributed by atoms with van der Waals surface area (Å²) in [6.07, 6.45) is 1.08. The van der Waals surface area contributed by atoms with Crippen LogP contribution < -0.4 is 10.2 Å². The number of aryl methyl sites for hydroxylation is 1. The molecule has 0 unspecified atom stereocenters. The topological polar surface area (TPSA) is 15.3 Å². The molecule has 0 aromatic heterocycles. The van der Waals surface area contributed by atoms with Crippen LogP contribution in [0.3, 0.4) is 0 Å². The molecule has 0 bridgehead atoms. The van der Waals surface area contributed by atoms with Crippen LogP contribution in [0.2, 0.25) is 0 Å². The van der Waals surface area contributed by atoms with Gasteiger partial charge in [0.2, 0.25) is 0 Å². The van der Waals surface area contributed by atoms with Crippen molar-refractivity contribution in [2.75, 3.05) is 19.0 Å². The number of anilines is 2. The lowest BCUT2D eigenvalue weighted by Gasteiger charge is -2.21. The van der Waals surface area contributed by atoms with Crippen LogP contribution >= 0.6 is 15.9 Å². The molecule has 20 heavy (non-hydrogen) atoms. The number of rotatable bonds is 5. The third-order valence-electron chi connectivity index (χ3n) is 3.52. The Labute approximate surface area is 129 Å². The lowest BCUT2D eigenvalue weighted by atomic mass is 10.1. The minimum Gasteiger partial charge on any atom is -0.345 e. The van der Waals surface area contributed by atoms with Gasteiger partial charge >= 0.3 is 0 Å². The van der Waals surface area contributed by atoms with E-state index in [0.717, 1.165) is 17.4 Å². The SMILES string of the molecule is CCc1ccc(N(C)c2ccc(CNC)c(Br)c2)cc1. The van der Waals surface area contributed by atoms with Crippen molar-refractivity contribution in [1.82, 2.24) is 5.32 Å². The van der Waals surface area contributed by atoms with E-state index >= 15 is 0 Å². The standard InChI is InChI=1S/C17H21BrN2/c1-4-13-5-8-15(9-6-13)20(3)16-10-7-14(12-19-2)17(18)11-16/h5-11,19H,4,12H2,1-3H3. The van der Waals surface area contributed by atoms with Crippen molar-refractivity contribution in [3.63, 3.8) is 0 Å². The van der Waals surface area contributed by atoms with E-state index in [2.05, 4.69) is 82.6 Å². The van der Waals surface area contributed by atoms with Gasteiger partial charge in [-0.05, 0) is 48.9 Å². The van der Waals surface area contributed by atoms with Crippen molar-refractivity contribution in [1.29, 1.82) is 0 Å². The van der Waals surface area contributed by atoms with Crippen molar-refractivity contribution in [3.05, 3.63) is 58.1 Å². The third kappa shape index (κ3) is 3.41. The van der Waals surface area contributed by atoms with Crippen LogP contribution in [0.25, 0.3) is 0 Å². The Bertz CT molecular complexity index is 564. The summed E-state index contributed by atoms with van der Waals surface area (Å²) in [6.45, 7) is 3.05. The summed E-state index contributed by atoms with van der Waals surface area (Å²) in [5.41, 5.74) is 5.02. The summed E-state index contributed by atoms with van der Waals surface area (Å²) in [5, 5.41) is 3.17. The van der Waals surface area contributed by atoms with Crippen LogP contribution in [0.5, 0.6) is 0 Å². The predicted molar refractivity (Wildman–Crippen MR) is 90.8 cm³/mol. The van der Waals surface area contributed by atoms with Crippen LogP contribution in [0.1, 0.15) is 18.1 Å². The van der Waals surface area contributed by atoms with Gasteiger partial charge in [0.25, 0.3) is 0 Å². The first-order valence-electron chi connectivity index (χ1n) is 6.91. The molecule has 2 rings (SSSR count). The molecule has 0 amide bonds. The number of hydrogen-bond acceptors (Lipinski definition) is 2. The van der Waals surface area contributed by atoms with Gasteiger partial charge in [-0.15, -0.1) is 0 Å². The number of nitrogens with one attached hydrogen (secondary N) is 1. The molecule has 0 aliphatic carbocycles. The van der Waals surface area contributed by atoms with Gasteiger partial charge in [0, 0.05) is 29.4 Å². The molecular weight excluding hydrogens is 312 g/mol. The molecule has 0 spiro atoms. The monoisotopic (exact) mass is 332 g/mol. The maximum atomic E-state index is 3.65. The van der Waals surface area contributed by atoms with Gasteiger partial charge < -0.3 is 10.2 Å². The minimum atomic E-state index is 0.871. The Kier molecular flexibility index (Phi) is 5.21. The zero-order valence-electron chi connectivity index (χ0n) is 12.3. The third-order valence-corrected chi connectivity index (χ3v) is 4.26. The van der Waals surface area contributed by atoms with Gasteiger partial charge in [0.1, 0.15) is 0 Å². The Hall–Kier alpha value is -1.32. The Morgan fingerprint density at radius 2 is 1.70 bits per heavy atom. The summed E-state index contributed by atoms with van der Waals surface area (Å²) < 4.78 is 1.14. The molecule has 0 heterocycles. The fourth-order valence-electron chi connectivity index (χ4n) is 2.18. The number of benzene rings is 2. The number of nitrogens with zero attached hydrogens (tertiary/aromatic N) is 1. The molecular formula is C17H21BrN2. The average molecular weight is 333 g/mol. The first kappa shape index (κ1) is 15.1. The highest BCUT2D eigenvalue weighted by Crippen LogP contribution is 2.28. The van der Waals surface area contributed by atoms with Crippen LogP contribution in [-0.4, -0.2) is 14.1 Å². The summed E-state index contributed by atoms with van der Waals surface area (Å²) >= 11 is 3.65. The van der Waals surface area contributed by atoms with Gasteiger partial charge in [0.05, 0.1) is 0 Å². The second-order valence-corrected chi connectivity index (χ2v) is 5.74. The number of hydrogen-bond donors (Lipinski definition) is 1. The second-order valence-electron chi connectivity index (χ2n) is 4.89. The molecule has 0 fully saturated rings. The largest absolute Gasteiger partial charge is 0.345 e. The average Bonchev–Trinajstić information content (AvgIpc) is 2.49. The fraction of sp³-hybridized carbons (Fsp3) is 0.294. The smallest absolute Gasteiger partial charge is 0.0419 e. The molecule has 2 aromatic rings. The van der Waals surface area contributed by atoms with Crippen LogP contribution in [0.4, 0.5) is 11.4 Å². The van der Waals surface area contributed by atoms with Crippen molar-refractivity contribution < 1.29 is 0 Å². The van der Waals surface area contributed by atoms with Crippen molar-refractivity contribution in [3.8, 4) is 0 Å². The quantitative estimate of drug-likeness (QED) is 0.867. The van der Waals surface area contributed by atoms with E-state index < -0.39 is 0 Å². The lowest BCUT2D eigenvalue weighted by molar-refractivity contribution is 0.814. The number of halogens is 1. The van der Waals surface area contributed by atoms with E-state index in [0.29, 0.717) is 0 Å². The highest BCUT2D eigenvalue weighted by molar-refractivity contribution is 9.10. The van der Waals surface area contributed by atoms with Crippen LogP contribution in [0, 0.1) is 0 Å². The minimum absolute atomic E-state index is 0.871. The maximum Gasteiger partial charge on any atom is 0.0419 e. The highest BCUT2D eigenvalue weighted by atomic mass is 79.9. The molecule has 1 N–H and O–H groups in total. The van der Waals surface area contributed by atoms with Gasteiger partial charge in [-0.25, -0.2) is 0 Å². The van der Waals surface area contributed by atoms with E-state index in [9.17, 15) is 0 Å². The zero-order valence-corrected chi connectivity index (χ0v) is 13.9. The molecule has 0 aliphatic heterocycles. The molecule has 2 nitrogen and oxygen atoms in total.